The average Bonchev–Trinajstić information content (AvgIpc) is 2.38. The quantitative estimate of drug-likeness (QED) is 0.452. The van der Waals surface area contributed by atoms with Gasteiger partial charge in [0.1, 0.15) is 4.88 Å². The average molecular weight is 153 g/mol. The van der Waals surface area contributed by atoms with E-state index < -0.39 is 5.97 Å². The highest BCUT2D eigenvalue weighted by Gasteiger charge is 2.05. The van der Waals surface area contributed by atoms with E-state index in [1.807, 2.05) is 0 Å². The molecule has 0 N–H and O–H groups in total. The van der Waals surface area contributed by atoms with Crippen LogP contribution in [0.25, 0.3) is 0 Å². The van der Waals surface area contributed by atoms with E-state index in [9.17, 15) is 4.79 Å². The van der Waals surface area contributed by atoms with Crippen LogP contribution in [0.1, 0.15) is 9.67 Å². The van der Waals surface area contributed by atoms with Crippen LogP contribution < -0.4 is 0 Å². The summed E-state index contributed by atoms with van der Waals surface area (Å²) in [6, 6.07) is 3.32. The van der Waals surface area contributed by atoms with Gasteiger partial charge in [0.15, 0.2) is 0 Å². The van der Waals surface area contributed by atoms with Crippen molar-refractivity contribution in [2.45, 2.75) is 0 Å². The maximum atomic E-state index is 10.7. The maximum Gasteiger partial charge on any atom is 0.363 e. The zero-order chi connectivity index (χ0) is 7.40. The van der Waals surface area contributed by atoms with Gasteiger partial charge in [0.05, 0.1) is 0 Å². The van der Waals surface area contributed by atoms with Crippen LogP contribution in [0, 0.1) is 11.5 Å². The molecule has 1 rings (SSSR count). The molecule has 0 aliphatic rings. The third-order valence-electron chi connectivity index (χ3n) is 0.861. The molecule has 1 aromatic heterocycles. The van der Waals surface area contributed by atoms with Crippen LogP contribution in [-0.4, -0.2) is 5.97 Å². The van der Waals surface area contributed by atoms with Gasteiger partial charge in [-0.3, -0.25) is 0 Å². The number of hydrogen-bond donors (Lipinski definition) is 0. The van der Waals surface area contributed by atoms with Crippen LogP contribution in [-0.2, 0) is 4.74 Å². The second kappa shape index (κ2) is 2.99. The molecule has 0 bridgehead atoms. The van der Waals surface area contributed by atoms with E-state index in [1.165, 1.54) is 17.6 Å². The van der Waals surface area contributed by atoms with Gasteiger partial charge >= 0.3 is 5.97 Å². The lowest BCUT2D eigenvalue weighted by atomic mass is 10.5. The van der Waals surface area contributed by atoms with E-state index in [-0.39, 0.29) is 0 Å². The Hall–Kier alpha value is -1.34. The predicted octanol–water partition coefficient (Wildman–Crippen LogP) is 1.39. The highest BCUT2D eigenvalue weighted by molar-refractivity contribution is 7.11. The fourth-order valence-electron chi connectivity index (χ4n) is 0.486. The van der Waals surface area contributed by atoms with Crippen LogP contribution in [0.2, 0.25) is 0 Å². The smallest absolute Gasteiger partial charge is 0.346 e. The molecule has 1 heterocycles. The zero-order valence-electron chi connectivity index (χ0n) is 4.90. The van der Waals surface area contributed by atoms with Gasteiger partial charge in [-0.15, -0.1) is 16.6 Å². The van der Waals surface area contributed by atoms with Gasteiger partial charge in [0.2, 0.25) is 0 Å². The molecule has 1 aromatic rings. The van der Waals surface area contributed by atoms with E-state index in [1.54, 1.807) is 17.5 Å². The maximum absolute atomic E-state index is 10.7. The predicted molar refractivity (Wildman–Crippen MR) is 35.3 cm³/mol. The minimum atomic E-state index is -0.586. The molecule has 10 heavy (non-hydrogen) atoms. The van der Waals surface area contributed by atoms with Crippen LogP contribution in [0.5, 0.6) is 0 Å². The molecule has 0 saturated carbocycles. The second-order valence-electron chi connectivity index (χ2n) is 1.46. The fraction of sp³-hybridized carbons (Fsp3) is 0. The molecule has 0 aliphatic carbocycles. The first-order valence-electron chi connectivity index (χ1n) is 2.48. The summed E-state index contributed by atoms with van der Waals surface area (Å²) in [6.07, 6.45) is 1.31. The molecule has 0 radical (unpaired) electrons. The number of nitrogens with zero attached hydrogens (tertiary/aromatic N) is 1. The SMILES string of the molecule is N#COC(=O)c1cccs1. The van der Waals surface area contributed by atoms with Crippen molar-refractivity contribution in [3.8, 4) is 6.26 Å². The monoisotopic (exact) mass is 153 g/mol. The normalized spacial score (nSPS) is 8.30. The first kappa shape index (κ1) is 6.78. The summed E-state index contributed by atoms with van der Waals surface area (Å²) in [7, 11) is 0. The van der Waals surface area contributed by atoms with Gasteiger partial charge in [-0.25, -0.2) is 4.79 Å². The summed E-state index contributed by atoms with van der Waals surface area (Å²) in [5.74, 6) is -0.586. The number of nitriles is 1. The van der Waals surface area contributed by atoms with E-state index >= 15 is 0 Å². The Balaban J connectivity index is 2.71. The van der Waals surface area contributed by atoms with Gasteiger partial charge in [0, 0.05) is 0 Å². The van der Waals surface area contributed by atoms with Gasteiger partial charge in [-0.05, 0) is 11.4 Å². The highest BCUT2D eigenvalue weighted by atomic mass is 32.1. The summed E-state index contributed by atoms with van der Waals surface area (Å²) in [6.45, 7) is 0. The molecule has 4 heteroatoms. The minimum absolute atomic E-state index is 0.446. The van der Waals surface area contributed by atoms with Crippen LogP contribution >= 0.6 is 11.3 Å². The molecule has 0 spiro atoms. The second-order valence-corrected chi connectivity index (χ2v) is 2.41. The Morgan fingerprint density at radius 1 is 1.80 bits per heavy atom. The van der Waals surface area contributed by atoms with Gasteiger partial charge in [0.25, 0.3) is 6.26 Å². The standard InChI is InChI=1S/C6H3NO2S/c7-4-9-6(8)5-2-1-3-10-5/h1-3H. The number of esters is 1. The summed E-state index contributed by atoms with van der Waals surface area (Å²) in [4.78, 5) is 11.1. The van der Waals surface area contributed by atoms with E-state index in [0.29, 0.717) is 4.88 Å². The van der Waals surface area contributed by atoms with Crippen molar-refractivity contribution < 1.29 is 9.53 Å². The molecule has 0 saturated heterocycles. The van der Waals surface area contributed by atoms with Crippen molar-refractivity contribution in [3.63, 3.8) is 0 Å². The van der Waals surface area contributed by atoms with E-state index in [0.717, 1.165) is 0 Å². The zero-order valence-corrected chi connectivity index (χ0v) is 5.72. The molecular formula is C6H3NO2S. The number of rotatable bonds is 1. The van der Waals surface area contributed by atoms with Gasteiger partial charge in [-0.2, -0.15) is 0 Å². The van der Waals surface area contributed by atoms with Crippen molar-refractivity contribution in [1.29, 1.82) is 5.26 Å². The molecule has 0 aromatic carbocycles. The molecule has 50 valence electrons. The Bertz CT molecular complexity index is 260. The highest BCUT2D eigenvalue weighted by Crippen LogP contribution is 2.08. The summed E-state index contributed by atoms with van der Waals surface area (Å²) >= 11 is 1.25. The fourth-order valence-corrected chi connectivity index (χ4v) is 1.09. The molecule has 0 fully saturated rings. The third-order valence-corrected chi connectivity index (χ3v) is 1.71. The summed E-state index contributed by atoms with van der Waals surface area (Å²) < 4.78 is 4.06. The number of carbonyl (C=O) groups is 1. The molecule has 0 aliphatic heterocycles. The largest absolute Gasteiger partial charge is 0.363 e. The van der Waals surface area contributed by atoms with Gasteiger partial charge < -0.3 is 4.74 Å². The summed E-state index contributed by atoms with van der Waals surface area (Å²) in [5.41, 5.74) is 0. The van der Waals surface area contributed by atoms with Crippen molar-refractivity contribution >= 4 is 17.3 Å². The number of hydrogen-bond acceptors (Lipinski definition) is 4. The van der Waals surface area contributed by atoms with Crippen LogP contribution in [0.15, 0.2) is 17.5 Å². The summed E-state index contributed by atoms with van der Waals surface area (Å²) in [5, 5.41) is 9.69. The molecule has 0 amide bonds. The first-order chi connectivity index (χ1) is 4.84. The van der Waals surface area contributed by atoms with E-state index in [4.69, 9.17) is 5.26 Å². The Morgan fingerprint density at radius 2 is 2.60 bits per heavy atom. The lowest BCUT2D eigenvalue weighted by Crippen LogP contribution is -1.96. The molecule has 0 unspecified atom stereocenters. The van der Waals surface area contributed by atoms with Crippen LogP contribution in [0.3, 0.4) is 0 Å². The van der Waals surface area contributed by atoms with Crippen molar-refractivity contribution in [1.82, 2.24) is 0 Å². The molecule has 0 atom stereocenters. The topological polar surface area (TPSA) is 50.1 Å². The Morgan fingerprint density at radius 3 is 3.10 bits per heavy atom. The Kier molecular flexibility index (Phi) is 2.03. The minimum Gasteiger partial charge on any atom is -0.346 e. The van der Waals surface area contributed by atoms with Crippen molar-refractivity contribution in [2.75, 3.05) is 0 Å². The lowest BCUT2D eigenvalue weighted by molar-refractivity contribution is 0.0690. The third kappa shape index (κ3) is 1.33. The number of ether oxygens (including phenoxy) is 1. The first-order valence-corrected chi connectivity index (χ1v) is 3.36. The van der Waals surface area contributed by atoms with Crippen molar-refractivity contribution in [2.24, 2.45) is 0 Å². The van der Waals surface area contributed by atoms with Gasteiger partial charge in [-0.1, -0.05) is 6.07 Å². The lowest BCUT2D eigenvalue weighted by Gasteiger charge is -1.86. The number of thiophene rings is 1. The van der Waals surface area contributed by atoms with E-state index in [2.05, 4.69) is 4.74 Å². The number of carbonyl (C=O) groups excluding carboxylic acids is 1. The van der Waals surface area contributed by atoms with Crippen molar-refractivity contribution in [3.05, 3.63) is 22.4 Å². The van der Waals surface area contributed by atoms with Crippen LogP contribution in [0.4, 0.5) is 0 Å². The molecular weight excluding hydrogens is 150 g/mol. The Labute approximate surface area is 61.5 Å². The molecule has 3 nitrogen and oxygen atoms in total.